The van der Waals surface area contributed by atoms with Crippen LogP contribution in [0.25, 0.3) is 0 Å². The lowest BCUT2D eigenvalue weighted by Gasteiger charge is -2.55. The van der Waals surface area contributed by atoms with Gasteiger partial charge in [-0.2, -0.15) is 4.99 Å². The van der Waals surface area contributed by atoms with Crippen LogP contribution in [-0.4, -0.2) is 44.9 Å². The van der Waals surface area contributed by atoms with Gasteiger partial charge in [0.05, 0.1) is 0 Å². The monoisotopic (exact) mass is 449 g/mol. The number of carbonyl (C=O) groups is 1. The van der Waals surface area contributed by atoms with E-state index in [1.54, 1.807) is 19.3 Å². The Bertz CT molecular complexity index is 769. The SMILES string of the molecule is CN/C=C\C(N)=NC(=O)c1cc(O)cc(O[C@@H](C)CO[Si-](C(C)C)(C(C)C)C(C)C)c1. The number of nitrogens with two attached hydrogens (primary N) is 1. The van der Waals surface area contributed by atoms with E-state index < -0.39 is 14.2 Å². The first-order chi connectivity index (χ1) is 14.4. The van der Waals surface area contributed by atoms with Crippen LogP contribution in [0.3, 0.4) is 0 Å². The lowest BCUT2D eigenvalue weighted by Crippen LogP contribution is -2.49. The first kappa shape index (κ1) is 26.7. The lowest BCUT2D eigenvalue weighted by atomic mass is 10.2. The summed E-state index contributed by atoms with van der Waals surface area (Å²) in [6.45, 7) is 15.8. The van der Waals surface area contributed by atoms with Gasteiger partial charge in [0.25, 0.3) is 5.91 Å². The van der Waals surface area contributed by atoms with Crippen molar-refractivity contribution in [3.63, 3.8) is 0 Å². The molecule has 1 rings (SSSR count). The molecule has 0 aliphatic carbocycles. The van der Waals surface area contributed by atoms with Gasteiger partial charge in [-0.15, -0.1) is 16.6 Å². The maximum atomic E-state index is 12.4. The standard InChI is InChI=1S/C23H39N3O4Si/c1-15(2)31(16(3)4,17(5)6)29-14-18(7)30-21-12-19(11-20(27)13-21)23(28)26-22(24)9-10-25-8/h9-13,15-18,25,27H,14H2,1-8H3,(H2,24,26,28)/q-1/b10-9-/t18-/m0/s1. The number of carbonyl (C=O) groups excluding carboxylic acids is 1. The van der Waals surface area contributed by atoms with Gasteiger partial charge in [0.2, 0.25) is 0 Å². The molecule has 0 radical (unpaired) electrons. The number of ether oxygens (including phenoxy) is 1. The van der Waals surface area contributed by atoms with Gasteiger partial charge >= 0.3 is 0 Å². The Labute approximate surface area is 187 Å². The zero-order chi connectivity index (χ0) is 23.8. The number of hydrogen-bond acceptors (Lipinski definition) is 5. The van der Waals surface area contributed by atoms with Crippen LogP contribution in [0.5, 0.6) is 11.5 Å². The Morgan fingerprint density at radius 1 is 1.13 bits per heavy atom. The summed E-state index contributed by atoms with van der Waals surface area (Å²) in [6.07, 6.45) is 2.80. The molecule has 0 aromatic heterocycles. The minimum absolute atomic E-state index is 0.0595. The molecule has 0 spiro atoms. The van der Waals surface area contributed by atoms with Gasteiger partial charge in [0, 0.05) is 25.3 Å². The van der Waals surface area contributed by atoms with Crippen molar-refractivity contribution < 1.29 is 19.1 Å². The zero-order valence-electron chi connectivity index (χ0n) is 20.1. The molecule has 7 nitrogen and oxygen atoms in total. The number of benzene rings is 1. The smallest absolute Gasteiger partial charge is 0.279 e. The number of nitrogens with zero attached hydrogens (tertiary/aromatic N) is 1. The van der Waals surface area contributed by atoms with E-state index in [-0.39, 0.29) is 23.3 Å². The number of nitrogens with one attached hydrogen (secondary N) is 1. The normalized spacial score (nSPS) is 14.0. The maximum Gasteiger partial charge on any atom is 0.279 e. The largest absolute Gasteiger partial charge is 0.561 e. The van der Waals surface area contributed by atoms with Crippen LogP contribution in [0.1, 0.15) is 58.8 Å². The van der Waals surface area contributed by atoms with Crippen LogP contribution in [0.4, 0.5) is 0 Å². The predicted molar refractivity (Wildman–Crippen MR) is 129 cm³/mol. The molecule has 0 unspecified atom stereocenters. The molecular weight excluding hydrogens is 410 g/mol. The Morgan fingerprint density at radius 2 is 1.71 bits per heavy atom. The average molecular weight is 450 g/mol. The van der Waals surface area contributed by atoms with Gasteiger partial charge < -0.3 is 25.3 Å². The second kappa shape index (κ2) is 11.9. The molecule has 0 aliphatic heterocycles. The molecule has 1 atom stereocenters. The van der Waals surface area contributed by atoms with Gasteiger partial charge in [0.1, 0.15) is 23.4 Å². The van der Waals surface area contributed by atoms with Crippen molar-refractivity contribution >= 4 is 20.1 Å². The number of phenols is 1. The third kappa shape index (κ3) is 7.39. The topological polar surface area (TPSA) is 106 Å². The molecule has 0 fully saturated rings. The molecule has 1 amide bonds. The molecule has 175 valence electrons. The minimum Gasteiger partial charge on any atom is -0.561 e. The summed E-state index contributed by atoms with van der Waals surface area (Å²) in [4.78, 5) is 16.2. The molecule has 8 heteroatoms. The van der Waals surface area contributed by atoms with Crippen LogP contribution in [0.2, 0.25) is 16.6 Å². The molecule has 0 saturated carbocycles. The molecule has 1 aromatic carbocycles. The lowest BCUT2D eigenvalue weighted by molar-refractivity contribution is 0.100. The van der Waals surface area contributed by atoms with Crippen molar-refractivity contribution in [3.05, 3.63) is 36.0 Å². The molecule has 1 aromatic rings. The summed E-state index contributed by atoms with van der Waals surface area (Å²) >= 11 is 0. The highest BCUT2D eigenvalue weighted by Crippen LogP contribution is 2.42. The summed E-state index contributed by atoms with van der Waals surface area (Å²) in [5.74, 6) is -0.202. The van der Waals surface area contributed by atoms with Crippen LogP contribution >= 0.6 is 0 Å². The highest BCUT2D eigenvalue weighted by molar-refractivity contribution is 6.77. The van der Waals surface area contributed by atoms with Crippen molar-refractivity contribution in [2.45, 2.75) is 71.2 Å². The quantitative estimate of drug-likeness (QED) is 0.259. The van der Waals surface area contributed by atoms with E-state index in [1.807, 2.05) is 6.92 Å². The fourth-order valence-corrected chi connectivity index (χ4v) is 9.71. The van der Waals surface area contributed by atoms with Crippen LogP contribution in [0, 0.1) is 0 Å². The maximum absolute atomic E-state index is 12.4. The Hall–Kier alpha value is -2.32. The molecule has 0 aliphatic rings. The number of phenolic OH excluding ortho intramolecular Hbond substituents is 1. The number of rotatable bonds is 11. The van der Waals surface area contributed by atoms with Crippen molar-refractivity contribution in [2.75, 3.05) is 13.7 Å². The fraction of sp³-hybridized carbons (Fsp3) is 0.565. The third-order valence-corrected chi connectivity index (χ3v) is 11.5. The van der Waals surface area contributed by atoms with Crippen molar-refractivity contribution in [1.29, 1.82) is 0 Å². The predicted octanol–water partition coefficient (Wildman–Crippen LogP) is 4.58. The first-order valence-electron chi connectivity index (χ1n) is 10.8. The zero-order valence-corrected chi connectivity index (χ0v) is 21.1. The van der Waals surface area contributed by atoms with E-state index in [9.17, 15) is 9.90 Å². The van der Waals surface area contributed by atoms with Crippen molar-refractivity contribution in [1.82, 2.24) is 5.32 Å². The van der Waals surface area contributed by atoms with Crippen LogP contribution in [0.15, 0.2) is 35.5 Å². The third-order valence-electron chi connectivity index (χ3n) is 5.40. The van der Waals surface area contributed by atoms with E-state index in [0.29, 0.717) is 29.0 Å². The van der Waals surface area contributed by atoms with Crippen molar-refractivity contribution in [3.8, 4) is 11.5 Å². The van der Waals surface area contributed by atoms with E-state index in [2.05, 4.69) is 51.9 Å². The average Bonchev–Trinajstić information content (AvgIpc) is 2.65. The number of aromatic hydroxyl groups is 1. The Kier molecular flexibility index (Phi) is 10.3. The van der Waals surface area contributed by atoms with Gasteiger partial charge in [-0.05, 0) is 39.6 Å². The highest BCUT2D eigenvalue weighted by atomic mass is 28.4. The fourth-order valence-electron chi connectivity index (χ4n) is 4.19. The Morgan fingerprint density at radius 3 is 2.23 bits per heavy atom. The van der Waals surface area contributed by atoms with Gasteiger partial charge in [-0.25, -0.2) is 0 Å². The highest BCUT2D eigenvalue weighted by Gasteiger charge is 2.32. The first-order valence-corrected chi connectivity index (χ1v) is 12.9. The molecule has 4 N–H and O–H groups in total. The number of aliphatic imine (C=N–C) groups is 1. The minimum atomic E-state index is -2.00. The van der Waals surface area contributed by atoms with E-state index >= 15 is 0 Å². The van der Waals surface area contributed by atoms with Gasteiger partial charge in [-0.3, -0.25) is 4.79 Å². The number of hydrogen-bond donors (Lipinski definition) is 3. The van der Waals surface area contributed by atoms with E-state index in [4.69, 9.17) is 14.9 Å². The second-order valence-corrected chi connectivity index (χ2v) is 14.2. The summed E-state index contributed by atoms with van der Waals surface area (Å²) < 4.78 is 12.6. The summed E-state index contributed by atoms with van der Waals surface area (Å²) in [5, 5.41) is 12.8. The summed E-state index contributed by atoms with van der Waals surface area (Å²) in [6, 6.07) is 4.36. The Balaban J connectivity index is 2.96. The molecule has 31 heavy (non-hydrogen) atoms. The van der Waals surface area contributed by atoms with Crippen LogP contribution in [-0.2, 0) is 4.43 Å². The van der Waals surface area contributed by atoms with Crippen LogP contribution < -0.4 is 15.8 Å². The van der Waals surface area contributed by atoms with Crippen molar-refractivity contribution in [2.24, 2.45) is 10.7 Å². The van der Waals surface area contributed by atoms with Gasteiger partial charge in [-0.1, -0.05) is 41.5 Å². The number of amidine groups is 1. The summed E-state index contributed by atoms with van der Waals surface area (Å²) in [5.41, 5.74) is 7.33. The number of amides is 1. The molecular formula is C23H39N3O4Si-. The second-order valence-electron chi connectivity index (χ2n) is 8.74. The van der Waals surface area contributed by atoms with E-state index in [1.165, 1.54) is 18.2 Å². The molecule has 0 saturated heterocycles. The summed E-state index contributed by atoms with van der Waals surface area (Å²) in [7, 11) is -0.290. The van der Waals surface area contributed by atoms with Gasteiger partial charge in [0.15, 0.2) is 0 Å². The molecule has 0 bridgehead atoms. The van der Waals surface area contributed by atoms with E-state index in [0.717, 1.165) is 0 Å². The molecule has 0 heterocycles.